The van der Waals surface area contributed by atoms with E-state index in [1.165, 1.54) is 23.8 Å². The van der Waals surface area contributed by atoms with Crippen LogP contribution in [0.4, 0.5) is 8.78 Å². The zero-order chi connectivity index (χ0) is 26.0. The van der Waals surface area contributed by atoms with Gasteiger partial charge in [0.25, 0.3) is 5.56 Å². The maximum atomic E-state index is 13.6. The van der Waals surface area contributed by atoms with Crippen molar-refractivity contribution in [3.8, 4) is 11.5 Å². The highest BCUT2D eigenvalue weighted by Crippen LogP contribution is 2.37. The molecule has 3 aromatic rings. The Hall–Kier alpha value is -3.50. The molecule has 0 radical (unpaired) electrons. The molecule has 0 unspecified atom stereocenters. The molecule has 0 saturated heterocycles. The molecule has 1 aliphatic heterocycles. The van der Waals surface area contributed by atoms with Crippen LogP contribution in [-0.4, -0.2) is 30.9 Å². The van der Waals surface area contributed by atoms with Crippen molar-refractivity contribution >= 4 is 35.0 Å². The molecule has 36 heavy (non-hydrogen) atoms. The molecule has 11 heteroatoms. The molecule has 188 valence electrons. The maximum Gasteiger partial charge on any atom is 0.387 e. The van der Waals surface area contributed by atoms with Crippen LogP contribution >= 0.6 is 22.9 Å². The minimum atomic E-state index is -2.93. The van der Waals surface area contributed by atoms with Crippen LogP contribution in [0.2, 0.25) is 5.02 Å². The van der Waals surface area contributed by atoms with Crippen LogP contribution in [0.1, 0.15) is 31.0 Å². The number of esters is 1. The number of hydrogen-bond acceptors (Lipinski definition) is 7. The van der Waals surface area contributed by atoms with Gasteiger partial charge in [0.1, 0.15) is 17.5 Å². The van der Waals surface area contributed by atoms with Gasteiger partial charge in [0.2, 0.25) is 0 Å². The van der Waals surface area contributed by atoms with Crippen molar-refractivity contribution in [2.75, 3.05) is 13.7 Å². The predicted molar refractivity (Wildman–Crippen MR) is 131 cm³/mol. The van der Waals surface area contributed by atoms with Crippen LogP contribution in [0.5, 0.6) is 11.5 Å². The molecule has 1 atom stereocenters. The molecular formula is C25H21ClF2N2O5S. The minimum Gasteiger partial charge on any atom is -0.496 e. The monoisotopic (exact) mass is 534 g/mol. The molecule has 2 heterocycles. The zero-order valence-electron chi connectivity index (χ0n) is 19.5. The summed E-state index contributed by atoms with van der Waals surface area (Å²) in [6.07, 6.45) is 1.62. The Labute approximate surface area is 213 Å². The third-order valence-corrected chi connectivity index (χ3v) is 6.62. The van der Waals surface area contributed by atoms with Gasteiger partial charge in [0, 0.05) is 10.6 Å². The summed E-state index contributed by atoms with van der Waals surface area (Å²) < 4.78 is 41.8. The van der Waals surface area contributed by atoms with E-state index in [0.29, 0.717) is 36.9 Å². The Balaban J connectivity index is 1.91. The molecule has 1 aliphatic rings. The topological polar surface area (TPSA) is 79.1 Å². The number of aromatic nitrogens is 1. The van der Waals surface area contributed by atoms with Crippen molar-refractivity contribution in [3.63, 3.8) is 0 Å². The zero-order valence-corrected chi connectivity index (χ0v) is 21.0. The number of halogens is 3. The van der Waals surface area contributed by atoms with E-state index >= 15 is 0 Å². The van der Waals surface area contributed by atoms with E-state index in [4.69, 9.17) is 21.1 Å². The smallest absolute Gasteiger partial charge is 0.387 e. The number of allylic oxidation sites excluding steroid dienone is 1. The predicted octanol–water partition coefficient (Wildman–Crippen LogP) is 4.06. The first-order valence-electron chi connectivity index (χ1n) is 10.8. The van der Waals surface area contributed by atoms with E-state index in [1.807, 2.05) is 0 Å². The van der Waals surface area contributed by atoms with Crippen LogP contribution in [0.25, 0.3) is 6.08 Å². The highest BCUT2D eigenvalue weighted by Gasteiger charge is 2.35. The maximum absolute atomic E-state index is 13.6. The van der Waals surface area contributed by atoms with Crippen molar-refractivity contribution in [2.45, 2.75) is 26.5 Å². The highest BCUT2D eigenvalue weighted by atomic mass is 35.5. The van der Waals surface area contributed by atoms with Gasteiger partial charge in [0.05, 0.1) is 29.5 Å². The second kappa shape index (κ2) is 10.6. The minimum absolute atomic E-state index is 0.00589. The third kappa shape index (κ3) is 5.05. The number of alkyl halides is 2. The van der Waals surface area contributed by atoms with E-state index < -0.39 is 24.2 Å². The summed E-state index contributed by atoms with van der Waals surface area (Å²) in [4.78, 5) is 31.5. The molecule has 0 amide bonds. The third-order valence-electron chi connectivity index (χ3n) is 5.41. The van der Waals surface area contributed by atoms with E-state index in [-0.39, 0.29) is 17.9 Å². The number of ether oxygens (including phenoxy) is 3. The molecular weight excluding hydrogens is 514 g/mol. The first-order chi connectivity index (χ1) is 17.2. The summed E-state index contributed by atoms with van der Waals surface area (Å²) in [5.74, 6) is -0.161. The highest BCUT2D eigenvalue weighted by molar-refractivity contribution is 7.07. The molecule has 0 N–H and O–H groups in total. The largest absolute Gasteiger partial charge is 0.496 e. The normalized spacial score (nSPS) is 15.5. The molecule has 0 saturated carbocycles. The Bertz CT molecular complexity index is 1510. The summed E-state index contributed by atoms with van der Waals surface area (Å²) in [5, 5.41) is 0.400. The first-order valence-corrected chi connectivity index (χ1v) is 12.0. The number of methoxy groups -OCH3 is 1. The lowest BCUT2D eigenvalue weighted by molar-refractivity contribution is -0.139. The van der Waals surface area contributed by atoms with Crippen LogP contribution in [0.15, 0.2) is 63.5 Å². The second-order valence-electron chi connectivity index (χ2n) is 7.64. The van der Waals surface area contributed by atoms with Gasteiger partial charge in [-0.15, -0.1) is 0 Å². The Morgan fingerprint density at radius 3 is 2.61 bits per heavy atom. The van der Waals surface area contributed by atoms with Gasteiger partial charge in [-0.2, -0.15) is 8.78 Å². The van der Waals surface area contributed by atoms with Crippen molar-refractivity contribution in [1.29, 1.82) is 0 Å². The van der Waals surface area contributed by atoms with Crippen LogP contribution in [-0.2, 0) is 9.53 Å². The number of carbonyl (C=O) groups is 1. The standard InChI is InChI=1S/C25H21ClF2N2O5S/c1-4-34-23(32)20-13(2)29-25-30(21(20)17-12-15(26)7-10-18(17)33-3)22(31)19(36-25)11-14-5-8-16(9-6-14)35-24(27)28/h5-12,21,24H,4H2,1-3H3/b19-11-/t21-/m1/s1. The van der Waals surface area contributed by atoms with Gasteiger partial charge in [-0.1, -0.05) is 35.1 Å². The number of carbonyl (C=O) groups excluding carboxylic acids is 1. The first kappa shape index (κ1) is 25.6. The SMILES string of the molecule is CCOC(=O)C1=C(C)N=c2s/c(=C\c3ccc(OC(F)F)cc3)c(=O)n2[C@@H]1c1cc(Cl)ccc1OC. The molecule has 7 nitrogen and oxygen atoms in total. The number of thiazole rings is 1. The van der Waals surface area contributed by atoms with Gasteiger partial charge in [0.15, 0.2) is 4.80 Å². The lowest BCUT2D eigenvalue weighted by Crippen LogP contribution is -2.40. The Kier molecular flexibility index (Phi) is 7.56. The molecule has 1 aromatic heterocycles. The van der Waals surface area contributed by atoms with Crippen molar-refractivity contribution < 1.29 is 27.8 Å². The number of hydrogen-bond donors (Lipinski definition) is 0. The number of rotatable bonds is 7. The fourth-order valence-electron chi connectivity index (χ4n) is 3.90. The summed E-state index contributed by atoms with van der Waals surface area (Å²) in [7, 11) is 1.48. The van der Waals surface area contributed by atoms with Crippen molar-refractivity contribution in [2.24, 2.45) is 4.99 Å². The van der Waals surface area contributed by atoms with Gasteiger partial charge in [-0.25, -0.2) is 9.79 Å². The molecule has 4 rings (SSSR count). The van der Waals surface area contributed by atoms with Crippen LogP contribution in [0, 0.1) is 0 Å². The Morgan fingerprint density at radius 2 is 1.97 bits per heavy atom. The lowest BCUT2D eigenvalue weighted by Gasteiger charge is -2.26. The van der Waals surface area contributed by atoms with Crippen LogP contribution < -0.4 is 24.4 Å². The quantitative estimate of drug-likeness (QED) is 0.427. The molecule has 0 fully saturated rings. The summed E-state index contributed by atoms with van der Waals surface area (Å²) in [6, 6.07) is 9.95. The van der Waals surface area contributed by atoms with Gasteiger partial charge in [-0.05, 0) is 55.8 Å². The average Bonchev–Trinajstić information content (AvgIpc) is 3.13. The van der Waals surface area contributed by atoms with Gasteiger partial charge in [-0.3, -0.25) is 9.36 Å². The average molecular weight is 535 g/mol. The molecule has 0 aliphatic carbocycles. The number of fused-ring (bicyclic) bond motifs is 1. The van der Waals surface area contributed by atoms with E-state index in [9.17, 15) is 18.4 Å². The van der Waals surface area contributed by atoms with Crippen molar-refractivity contribution in [1.82, 2.24) is 4.57 Å². The van der Waals surface area contributed by atoms with Crippen LogP contribution in [0.3, 0.4) is 0 Å². The molecule has 0 bridgehead atoms. The Morgan fingerprint density at radius 1 is 1.25 bits per heavy atom. The fourth-order valence-corrected chi connectivity index (χ4v) is 5.13. The van der Waals surface area contributed by atoms with Gasteiger partial charge >= 0.3 is 12.6 Å². The molecule has 0 spiro atoms. The summed E-state index contributed by atoms with van der Waals surface area (Å²) >= 11 is 7.42. The van der Waals surface area contributed by atoms with Gasteiger partial charge < -0.3 is 14.2 Å². The van der Waals surface area contributed by atoms with E-state index in [0.717, 1.165) is 11.3 Å². The fraction of sp³-hybridized carbons (Fsp3) is 0.240. The molecule has 2 aromatic carbocycles. The van der Waals surface area contributed by atoms with Crippen molar-refractivity contribution in [3.05, 3.63) is 89.6 Å². The van der Waals surface area contributed by atoms with E-state index in [1.54, 1.807) is 50.3 Å². The van der Waals surface area contributed by atoms with E-state index in [2.05, 4.69) is 9.73 Å². The second-order valence-corrected chi connectivity index (χ2v) is 9.08. The number of benzene rings is 2. The lowest BCUT2D eigenvalue weighted by atomic mass is 9.95. The summed E-state index contributed by atoms with van der Waals surface area (Å²) in [6.45, 7) is 0.579. The number of nitrogens with zero attached hydrogens (tertiary/aromatic N) is 2. The summed E-state index contributed by atoms with van der Waals surface area (Å²) in [5.41, 5.74) is 1.31.